The number of rotatable bonds is 11. The van der Waals surface area contributed by atoms with Crippen molar-refractivity contribution in [1.82, 2.24) is 4.57 Å². The fourth-order valence-electron chi connectivity index (χ4n) is 5.14. The molecule has 1 amide bonds. The van der Waals surface area contributed by atoms with E-state index in [2.05, 4.69) is 85.3 Å². The van der Waals surface area contributed by atoms with Gasteiger partial charge in [-0.2, -0.15) is 0 Å². The minimum Gasteiger partial charge on any atom is -0.497 e. The highest BCUT2D eigenvalue weighted by atomic mass is 32.2. The van der Waals surface area contributed by atoms with Gasteiger partial charge in [-0.25, -0.2) is 0 Å². The molecule has 1 aromatic heterocycles. The van der Waals surface area contributed by atoms with E-state index in [0.29, 0.717) is 12.3 Å². The highest BCUT2D eigenvalue weighted by Gasteiger charge is 2.26. The Morgan fingerprint density at radius 2 is 1.69 bits per heavy atom. The predicted molar refractivity (Wildman–Crippen MR) is 152 cm³/mol. The molecule has 4 aromatic rings. The zero-order chi connectivity index (χ0) is 25.7. The van der Waals surface area contributed by atoms with Gasteiger partial charge in [0.05, 0.1) is 12.8 Å². The number of methoxy groups -OCH3 is 1. The summed E-state index contributed by atoms with van der Waals surface area (Å²) in [4.78, 5) is 14.1. The molecule has 0 aliphatic heterocycles. The molecular formula is C31H36N2O2S. The largest absolute Gasteiger partial charge is 0.497 e. The van der Waals surface area contributed by atoms with E-state index in [1.165, 1.54) is 10.5 Å². The molecule has 36 heavy (non-hydrogen) atoms. The second-order valence-electron chi connectivity index (χ2n) is 9.47. The van der Waals surface area contributed by atoms with Crippen molar-refractivity contribution in [1.29, 1.82) is 0 Å². The van der Waals surface area contributed by atoms with Gasteiger partial charge in [-0.1, -0.05) is 62.2 Å². The summed E-state index contributed by atoms with van der Waals surface area (Å²) >= 11 is 1.72. The van der Waals surface area contributed by atoms with Gasteiger partial charge in [0.15, 0.2) is 0 Å². The number of hydrogen-bond acceptors (Lipinski definition) is 3. The second-order valence-corrected chi connectivity index (χ2v) is 10.3. The number of fused-ring (bicyclic) bond motifs is 1. The third kappa shape index (κ3) is 5.46. The van der Waals surface area contributed by atoms with Crippen molar-refractivity contribution in [2.24, 2.45) is 5.73 Å². The molecule has 0 radical (unpaired) electrons. The summed E-state index contributed by atoms with van der Waals surface area (Å²) in [5.74, 6) is 1.00. The molecule has 0 aliphatic carbocycles. The second kappa shape index (κ2) is 11.7. The molecule has 0 aliphatic rings. The Balaban J connectivity index is 1.66. The number of benzene rings is 3. The van der Waals surface area contributed by atoms with E-state index in [1.807, 2.05) is 12.1 Å². The van der Waals surface area contributed by atoms with Crippen LogP contribution in [0, 0.1) is 6.92 Å². The SMILES string of the molecule is COc1ccc2c(c1)c(C)c(-c1ccc(SC)cc1)n2C(CCCCC(C)c1ccccc1)C(N)=O. The minimum absolute atomic E-state index is 0.291. The first kappa shape index (κ1) is 25.9. The van der Waals surface area contributed by atoms with E-state index in [-0.39, 0.29) is 5.91 Å². The van der Waals surface area contributed by atoms with Gasteiger partial charge in [0.1, 0.15) is 11.8 Å². The molecule has 188 valence electrons. The number of carbonyl (C=O) groups is 1. The molecule has 5 heteroatoms. The van der Waals surface area contributed by atoms with Gasteiger partial charge in [-0.3, -0.25) is 4.79 Å². The summed E-state index contributed by atoms with van der Waals surface area (Å²) in [7, 11) is 1.68. The highest BCUT2D eigenvalue weighted by Crippen LogP contribution is 2.39. The van der Waals surface area contributed by atoms with Crippen molar-refractivity contribution in [3.05, 3.63) is 83.9 Å². The number of ether oxygens (including phenoxy) is 1. The molecule has 3 aromatic carbocycles. The fourth-order valence-corrected chi connectivity index (χ4v) is 5.55. The van der Waals surface area contributed by atoms with Crippen LogP contribution >= 0.6 is 11.8 Å². The summed E-state index contributed by atoms with van der Waals surface area (Å²) in [6, 6.07) is 24.8. The zero-order valence-electron chi connectivity index (χ0n) is 21.7. The van der Waals surface area contributed by atoms with Crippen molar-refractivity contribution in [2.45, 2.75) is 56.4 Å². The standard InChI is InChI=1S/C31H36N2O2S/c1-21(23-11-6-5-7-12-23)10-8-9-13-29(31(32)34)33-28-19-16-25(35-3)20-27(28)22(2)30(33)24-14-17-26(36-4)18-15-24/h5-7,11-12,14-21,29H,8-10,13H2,1-4H3,(H2,32,34). The van der Waals surface area contributed by atoms with Gasteiger partial charge in [0, 0.05) is 15.8 Å². The van der Waals surface area contributed by atoms with Gasteiger partial charge in [-0.05, 0) is 79.0 Å². The average molecular weight is 501 g/mol. The number of nitrogens with zero attached hydrogens (tertiary/aromatic N) is 1. The molecule has 0 saturated carbocycles. The molecule has 4 rings (SSSR count). The van der Waals surface area contributed by atoms with Crippen LogP contribution in [-0.4, -0.2) is 23.8 Å². The van der Waals surface area contributed by atoms with Crippen molar-refractivity contribution in [2.75, 3.05) is 13.4 Å². The zero-order valence-corrected chi connectivity index (χ0v) is 22.5. The van der Waals surface area contributed by atoms with Crippen molar-refractivity contribution in [3.63, 3.8) is 0 Å². The Bertz CT molecular complexity index is 1310. The maximum absolute atomic E-state index is 12.9. The Labute approximate surface area is 218 Å². The van der Waals surface area contributed by atoms with E-state index in [0.717, 1.165) is 52.7 Å². The first-order valence-corrected chi connectivity index (χ1v) is 13.8. The molecule has 2 unspecified atom stereocenters. The van der Waals surface area contributed by atoms with Crippen molar-refractivity contribution < 1.29 is 9.53 Å². The normalized spacial score (nSPS) is 13.0. The third-order valence-corrected chi connectivity index (χ3v) is 7.94. The number of nitrogens with two attached hydrogens (primary N) is 1. The highest BCUT2D eigenvalue weighted by molar-refractivity contribution is 7.98. The molecule has 1 heterocycles. The number of aryl methyl sites for hydroxylation is 1. The first-order valence-electron chi connectivity index (χ1n) is 12.6. The van der Waals surface area contributed by atoms with E-state index in [9.17, 15) is 4.79 Å². The Hall–Kier alpha value is -3.18. The van der Waals surface area contributed by atoms with Gasteiger partial charge < -0.3 is 15.0 Å². The number of thioether (sulfide) groups is 1. The molecule has 0 fully saturated rings. The van der Waals surface area contributed by atoms with E-state index < -0.39 is 6.04 Å². The number of primary amides is 1. The van der Waals surface area contributed by atoms with Crippen LogP contribution in [0.1, 0.15) is 55.7 Å². The van der Waals surface area contributed by atoms with Crippen LogP contribution in [-0.2, 0) is 4.79 Å². The summed E-state index contributed by atoms with van der Waals surface area (Å²) < 4.78 is 7.67. The van der Waals surface area contributed by atoms with Crippen LogP contribution in [0.25, 0.3) is 22.2 Å². The summed E-state index contributed by atoms with van der Waals surface area (Å²) in [6.45, 7) is 4.39. The lowest BCUT2D eigenvalue weighted by molar-refractivity contribution is -0.121. The van der Waals surface area contributed by atoms with Crippen LogP contribution in [0.5, 0.6) is 5.75 Å². The van der Waals surface area contributed by atoms with E-state index in [1.54, 1.807) is 18.9 Å². The number of hydrogen-bond donors (Lipinski definition) is 1. The van der Waals surface area contributed by atoms with Crippen LogP contribution in [0.3, 0.4) is 0 Å². The molecule has 0 saturated heterocycles. The van der Waals surface area contributed by atoms with Gasteiger partial charge in [-0.15, -0.1) is 11.8 Å². The van der Waals surface area contributed by atoms with Crippen LogP contribution < -0.4 is 10.5 Å². The minimum atomic E-state index is -0.420. The average Bonchev–Trinajstić information content (AvgIpc) is 3.19. The molecule has 2 N–H and O–H groups in total. The Morgan fingerprint density at radius 1 is 1.00 bits per heavy atom. The number of aromatic nitrogens is 1. The Kier molecular flexibility index (Phi) is 8.42. The summed E-state index contributed by atoms with van der Waals surface area (Å²) in [5, 5.41) is 1.09. The van der Waals surface area contributed by atoms with Crippen molar-refractivity contribution in [3.8, 4) is 17.0 Å². The molecule has 2 atom stereocenters. The topological polar surface area (TPSA) is 57.2 Å². The Morgan fingerprint density at radius 3 is 2.33 bits per heavy atom. The van der Waals surface area contributed by atoms with Gasteiger partial charge in [0.2, 0.25) is 5.91 Å². The summed E-state index contributed by atoms with van der Waals surface area (Å²) in [5.41, 5.74) is 11.7. The number of carbonyl (C=O) groups excluding carboxylic acids is 1. The van der Waals surface area contributed by atoms with Crippen LogP contribution in [0.2, 0.25) is 0 Å². The third-order valence-electron chi connectivity index (χ3n) is 7.20. The van der Waals surface area contributed by atoms with E-state index in [4.69, 9.17) is 10.5 Å². The monoisotopic (exact) mass is 500 g/mol. The fraction of sp³-hybridized carbons (Fsp3) is 0.323. The van der Waals surface area contributed by atoms with Gasteiger partial charge >= 0.3 is 0 Å². The summed E-state index contributed by atoms with van der Waals surface area (Å²) in [6.07, 6.45) is 5.85. The molecule has 0 spiro atoms. The molecular weight excluding hydrogens is 464 g/mol. The van der Waals surface area contributed by atoms with Crippen LogP contribution in [0.15, 0.2) is 77.7 Å². The lowest BCUT2D eigenvalue weighted by Gasteiger charge is -2.21. The molecule has 4 nitrogen and oxygen atoms in total. The van der Waals surface area contributed by atoms with E-state index >= 15 is 0 Å². The maximum Gasteiger partial charge on any atom is 0.240 e. The lowest BCUT2D eigenvalue weighted by atomic mass is 9.94. The number of amides is 1. The molecule has 0 bridgehead atoms. The van der Waals surface area contributed by atoms with Gasteiger partial charge in [0.25, 0.3) is 0 Å². The maximum atomic E-state index is 12.9. The smallest absolute Gasteiger partial charge is 0.240 e. The quantitative estimate of drug-likeness (QED) is 0.169. The number of unbranched alkanes of at least 4 members (excludes halogenated alkanes) is 1. The first-order chi connectivity index (χ1) is 17.4. The predicted octanol–water partition coefficient (Wildman–Crippen LogP) is 7.74. The van der Waals surface area contributed by atoms with Crippen molar-refractivity contribution >= 4 is 28.6 Å². The lowest BCUT2D eigenvalue weighted by Crippen LogP contribution is -2.27. The van der Waals surface area contributed by atoms with Crippen LogP contribution in [0.4, 0.5) is 0 Å².